The van der Waals surface area contributed by atoms with Gasteiger partial charge in [-0.15, -0.1) is 0 Å². The Hall–Kier alpha value is -2.86. The molecular weight excluding hydrogens is 358 g/mol. The van der Waals surface area contributed by atoms with Gasteiger partial charge in [0.15, 0.2) is 5.16 Å². The Morgan fingerprint density at radius 3 is 2.63 bits per heavy atom. The van der Waals surface area contributed by atoms with Gasteiger partial charge < -0.3 is 5.32 Å². The van der Waals surface area contributed by atoms with Gasteiger partial charge in [0.1, 0.15) is 0 Å². The van der Waals surface area contributed by atoms with Crippen LogP contribution in [0.4, 0.5) is 5.69 Å². The van der Waals surface area contributed by atoms with Gasteiger partial charge in [-0.3, -0.25) is 14.2 Å². The lowest BCUT2D eigenvalue weighted by Gasteiger charge is -2.13. The van der Waals surface area contributed by atoms with Crippen LogP contribution in [0.1, 0.15) is 12.5 Å². The van der Waals surface area contributed by atoms with Crippen molar-refractivity contribution in [2.75, 3.05) is 11.1 Å². The van der Waals surface area contributed by atoms with Gasteiger partial charge in [0, 0.05) is 12.2 Å². The quantitative estimate of drug-likeness (QED) is 0.399. The molecule has 6 heteroatoms. The van der Waals surface area contributed by atoms with Crippen molar-refractivity contribution in [2.45, 2.75) is 25.5 Å². The number of carbonyl (C=O) groups excluding carboxylic acids is 1. The molecule has 0 aliphatic rings. The Morgan fingerprint density at radius 2 is 1.89 bits per heavy atom. The lowest BCUT2D eigenvalue weighted by Crippen LogP contribution is -2.24. The number of amides is 1. The van der Waals surface area contributed by atoms with Crippen LogP contribution in [0.3, 0.4) is 0 Å². The molecule has 1 amide bonds. The molecule has 138 valence electrons. The van der Waals surface area contributed by atoms with E-state index in [0.717, 1.165) is 16.8 Å². The minimum Gasteiger partial charge on any atom is -0.325 e. The Bertz CT molecular complexity index is 1070. The topological polar surface area (TPSA) is 64.0 Å². The number of benzene rings is 2. The molecule has 5 nitrogen and oxygen atoms in total. The van der Waals surface area contributed by atoms with Crippen LogP contribution >= 0.6 is 11.8 Å². The second-order valence-electron chi connectivity index (χ2n) is 6.41. The summed E-state index contributed by atoms with van der Waals surface area (Å²) in [5, 5.41) is 3.98. The minimum absolute atomic E-state index is 0.120. The number of carbonyl (C=O) groups is 1. The molecule has 1 heterocycles. The van der Waals surface area contributed by atoms with E-state index in [0.29, 0.717) is 22.6 Å². The van der Waals surface area contributed by atoms with E-state index in [2.05, 4.69) is 16.9 Å². The highest BCUT2D eigenvalue weighted by molar-refractivity contribution is 7.99. The second-order valence-corrected chi connectivity index (χ2v) is 7.35. The number of nitrogens with one attached hydrogen (secondary N) is 1. The predicted molar refractivity (Wildman–Crippen MR) is 111 cm³/mol. The smallest absolute Gasteiger partial charge is 0.262 e. The van der Waals surface area contributed by atoms with E-state index in [1.807, 2.05) is 50.2 Å². The number of hydrogen-bond acceptors (Lipinski definition) is 4. The fourth-order valence-electron chi connectivity index (χ4n) is 2.70. The summed E-state index contributed by atoms with van der Waals surface area (Å²) >= 11 is 1.25. The number of aromatic nitrogens is 2. The van der Waals surface area contributed by atoms with Gasteiger partial charge in [0.05, 0.1) is 16.7 Å². The molecule has 3 aromatic rings. The number of nitrogens with zero attached hydrogens (tertiary/aromatic N) is 2. The van der Waals surface area contributed by atoms with Crippen LogP contribution in [-0.2, 0) is 11.3 Å². The SMILES string of the molecule is C=C(C)Cn1c(SCC(=O)Nc2ccccc2C)nc2ccccc2c1=O. The predicted octanol–water partition coefficient (Wildman–Crippen LogP) is 4.01. The van der Waals surface area contributed by atoms with Crippen molar-refractivity contribution in [2.24, 2.45) is 0 Å². The van der Waals surface area contributed by atoms with Gasteiger partial charge in [-0.25, -0.2) is 4.98 Å². The van der Waals surface area contributed by atoms with Crippen LogP contribution in [0.25, 0.3) is 10.9 Å². The third-order valence-corrected chi connectivity index (χ3v) is 4.98. The summed E-state index contributed by atoms with van der Waals surface area (Å²) in [7, 11) is 0. The fraction of sp³-hybridized carbons (Fsp3) is 0.190. The second kappa shape index (κ2) is 8.22. The van der Waals surface area contributed by atoms with Gasteiger partial charge in [-0.1, -0.05) is 54.2 Å². The van der Waals surface area contributed by atoms with Crippen molar-refractivity contribution in [1.29, 1.82) is 0 Å². The molecule has 0 aliphatic heterocycles. The molecule has 0 saturated carbocycles. The number of allylic oxidation sites excluding steroid dienone is 1. The zero-order valence-electron chi connectivity index (χ0n) is 15.4. The van der Waals surface area contributed by atoms with Crippen molar-refractivity contribution in [3.63, 3.8) is 0 Å². The van der Waals surface area contributed by atoms with Crippen molar-refractivity contribution in [3.05, 3.63) is 76.6 Å². The summed E-state index contributed by atoms with van der Waals surface area (Å²) in [5.74, 6) is 0.0218. The average molecular weight is 379 g/mol. The Balaban J connectivity index is 1.85. The first kappa shape index (κ1) is 18.9. The summed E-state index contributed by atoms with van der Waals surface area (Å²) in [6, 6.07) is 14.8. The highest BCUT2D eigenvalue weighted by Crippen LogP contribution is 2.20. The van der Waals surface area contributed by atoms with Crippen LogP contribution in [0, 0.1) is 6.92 Å². The van der Waals surface area contributed by atoms with Crippen molar-refractivity contribution in [1.82, 2.24) is 9.55 Å². The Kier molecular flexibility index (Phi) is 5.76. The molecule has 1 N–H and O–H groups in total. The third-order valence-electron chi connectivity index (χ3n) is 4.01. The lowest BCUT2D eigenvalue weighted by atomic mass is 10.2. The van der Waals surface area contributed by atoms with E-state index >= 15 is 0 Å². The number of thioether (sulfide) groups is 1. The van der Waals surface area contributed by atoms with Gasteiger partial charge in [0.2, 0.25) is 5.91 Å². The lowest BCUT2D eigenvalue weighted by molar-refractivity contribution is -0.113. The number of aryl methyl sites for hydroxylation is 1. The van der Waals surface area contributed by atoms with E-state index in [4.69, 9.17) is 0 Å². The summed E-state index contributed by atoms with van der Waals surface area (Å²) in [5.41, 5.74) is 3.14. The molecule has 0 atom stereocenters. The molecule has 3 rings (SSSR count). The molecule has 27 heavy (non-hydrogen) atoms. The van der Waals surface area contributed by atoms with Crippen LogP contribution in [-0.4, -0.2) is 21.2 Å². The van der Waals surface area contributed by atoms with E-state index < -0.39 is 0 Å². The van der Waals surface area contributed by atoms with Gasteiger partial charge >= 0.3 is 0 Å². The average Bonchev–Trinajstić information content (AvgIpc) is 2.64. The molecule has 0 fully saturated rings. The Labute approximate surface area is 162 Å². The molecule has 0 bridgehead atoms. The molecule has 1 aromatic heterocycles. The highest BCUT2D eigenvalue weighted by Gasteiger charge is 2.13. The highest BCUT2D eigenvalue weighted by atomic mass is 32.2. The summed E-state index contributed by atoms with van der Waals surface area (Å²) in [6.45, 7) is 8.08. The van der Waals surface area contributed by atoms with E-state index in [9.17, 15) is 9.59 Å². The molecule has 0 unspecified atom stereocenters. The normalized spacial score (nSPS) is 10.7. The van der Waals surface area contributed by atoms with Crippen molar-refractivity contribution in [3.8, 4) is 0 Å². The first-order valence-electron chi connectivity index (χ1n) is 8.58. The maximum absolute atomic E-state index is 12.8. The zero-order chi connectivity index (χ0) is 19.4. The summed E-state index contributed by atoms with van der Waals surface area (Å²) in [4.78, 5) is 29.8. The van der Waals surface area contributed by atoms with Crippen LogP contribution in [0.5, 0.6) is 0 Å². The van der Waals surface area contributed by atoms with Gasteiger partial charge in [0.25, 0.3) is 5.56 Å². The van der Waals surface area contributed by atoms with Gasteiger partial charge in [-0.2, -0.15) is 0 Å². The molecular formula is C21H21N3O2S. The number of para-hydroxylation sites is 2. The number of hydrogen-bond donors (Lipinski definition) is 1. The van der Waals surface area contributed by atoms with Crippen LogP contribution in [0.15, 0.2) is 70.6 Å². The van der Waals surface area contributed by atoms with E-state index in [-0.39, 0.29) is 17.2 Å². The largest absolute Gasteiger partial charge is 0.325 e. The maximum Gasteiger partial charge on any atom is 0.262 e. The molecule has 0 saturated heterocycles. The summed E-state index contributed by atoms with van der Waals surface area (Å²) < 4.78 is 1.58. The van der Waals surface area contributed by atoms with Crippen LogP contribution in [0.2, 0.25) is 0 Å². The number of fused-ring (bicyclic) bond motifs is 1. The van der Waals surface area contributed by atoms with Gasteiger partial charge in [-0.05, 0) is 37.6 Å². The number of anilines is 1. The maximum atomic E-state index is 12.8. The van der Waals surface area contributed by atoms with Crippen molar-refractivity contribution < 1.29 is 4.79 Å². The Morgan fingerprint density at radius 1 is 1.19 bits per heavy atom. The zero-order valence-corrected chi connectivity index (χ0v) is 16.2. The molecule has 0 radical (unpaired) electrons. The first-order chi connectivity index (χ1) is 13.0. The molecule has 2 aromatic carbocycles. The van der Waals surface area contributed by atoms with E-state index in [1.54, 1.807) is 16.7 Å². The standard InChI is InChI=1S/C21H21N3O2S/c1-14(2)12-24-20(26)16-9-5-7-11-18(16)23-21(24)27-13-19(25)22-17-10-6-4-8-15(17)3/h4-11H,1,12-13H2,2-3H3,(H,22,25). The van der Waals surface area contributed by atoms with Crippen molar-refractivity contribution >= 4 is 34.3 Å². The summed E-state index contributed by atoms with van der Waals surface area (Å²) in [6.07, 6.45) is 0. The monoisotopic (exact) mass is 379 g/mol. The minimum atomic E-state index is -0.140. The van der Waals surface area contributed by atoms with Crippen LogP contribution < -0.4 is 10.9 Å². The van der Waals surface area contributed by atoms with E-state index in [1.165, 1.54) is 11.8 Å². The molecule has 0 spiro atoms. The third kappa shape index (κ3) is 4.46. The molecule has 0 aliphatic carbocycles. The first-order valence-corrected chi connectivity index (χ1v) is 9.56. The fourth-order valence-corrected chi connectivity index (χ4v) is 3.50. The number of rotatable bonds is 6.